The average molecular weight is 282 g/mol. The molecule has 0 radical (unpaired) electrons. The Morgan fingerprint density at radius 1 is 1.22 bits per heavy atom. The molecule has 102 valence electrons. The zero-order valence-corrected chi connectivity index (χ0v) is 10.7. The molecule has 0 bridgehead atoms. The van der Waals surface area contributed by atoms with Crippen LogP contribution in [-0.2, 0) is 14.3 Å². The Bertz CT molecular complexity index is 491. The van der Waals surface area contributed by atoms with Crippen LogP contribution >= 0.6 is 0 Å². The highest BCUT2D eigenvalue weighted by atomic mass is 32.2. The van der Waals surface area contributed by atoms with Crippen molar-refractivity contribution in [3.8, 4) is 0 Å². The molecule has 0 amide bonds. The predicted octanol–water partition coefficient (Wildman–Crippen LogP) is 2.90. The highest BCUT2D eigenvalue weighted by Gasteiger charge is 2.37. The molecule has 3 nitrogen and oxygen atoms in total. The fourth-order valence-electron chi connectivity index (χ4n) is 1.06. The summed E-state index contributed by atoms with van der Waals surface area (Å²) in [6.45, 7) is 1.72. The van der Waals surface area contributed by atoms with Crippen molar-refractivity contribution >= 4 is 10.1 Å². The van der Waals surface area contributed by atoms with Crippen molar-refractivity contribution in [2.45, 2.75) is 24.9 Å². The molecule has 0 aliphatic carbocycles. The summed E-state index contributed by atoms with van der Waals surface area (Å²) in [5, 5.41) is 0. The maximum atomic E-state index is 12.2. The van der Waals surface area contributed by atoms with Crippen LogP contribution in [0, 0.1) is 12.8 Å². The van der Waals surface area contributed by atoms with Gasteiger partial charge in [0.2, 0.25) is 0 Å². The lowest BCUT2D eigenvalue weighted by atomic mass is 10.2. The predicted molar refractivity (Wildman–Crippen MR) is 59.5 cm³/mol. The molecule has 1 unspecified atom stereocenters. The van der Waals surface area contributed by atoms with Gasteiger partial charge in [0.05, 0.1) is 17.4 Å². The minimum Gasteiger partial charge on any atom is -0.266 e. The van der Waals surface area contributed by atoms with Crippen molar-refractivity contribution in [1.29, 1.82) is 0 Å². The molecule has 0 N–H and O–H groups in total. The molecule has 1 rings (SSSR count). The first-order valence-corrected chi connectivity index (χ1v) is 6.56. The number of rotatable bonds is 4. The van der Waals surface area contributed by atoms with Gasteiger partial charge in [-0.3, -0.25) is 4.18 Å². The smallest absolute Gasteiger partial charge is 0.266 e. The van der Waals surface area contributed by atoms with Gasteiger partial charge >= 0.3 is 6.18 Å². The largest absolute Gasteiger partial charge is 0.393 e. The fraction of sp³-hybridized carbons (Fsp3) is 0.455. The van der Waals surface area contributed by atoms with Crippen molar-refractivity contribution in [2.24, 2.45) is 5.92 Å². The van der Waals surface area contributed by atoms with E-state index in [1.165, 1.54) is 12.1 Å². The molecule has 1 atom stereocenters. The van der Waals surface area contributed by atoms with E-state index in [9.17, 15) is 21.6 Å². The van der Waals surface area contributed by atoms with E-state index in [0.29, 0.717) is 0 Å². The minimum atomic E-state index is -4.47. The van der Waals surface area contributed by atoms with E-state index >= 15 is 0 Å². The van der Waals surface area contributed by atoms with E-state index < -0.39 is 28.8 Å². The molecule has 1 aromatic rings. The Labute approximate surface area is 104 Å². The SMILES string of the molecule is Cc1ccc(S(=O)(=O)OCC(C)C(F)(F)F)cc1. The molecule has 7 heteroatoms. The van der Waals surface area contributed by atoms with Gasteiger partial charge in [-0.1, -0.05) is 24.6 Å². The molecule has 0 saturated carbocycles. The third-order valence-electron chi connectivity index (χ3n) is 2.34. The second kappa shape index (κ2) is 5.27. The maximum absolute atomic E-state index is 12.2. The molecular weight excluding hydrogens is 269 g/mol. The van der Waals surface area contributed by atoms with Crippen LogP contribution in [0.4, 0.5) is 13.2 Å². The zero-order chi connectivity index (χ0) is 14.0. The standard InChI is InChI=1S/C11H13F3O3S/c1-8-3-5-10(6-4-8)18(15,16)17-7-9(2)11(12,13)14/h3-6,9H,7H2,1-2H3. The van der Waals surface area contributed by atoms with Gasteiger partial charge in [-0.05, 0) is 19.1 Å². The van der Waals surface area contributed by atoms with Crippen LogP contribution in [0.2, 0.25) is 0 Å². The first-order chi connectivity index (χ1) is 8.13. The lowest BCUT2D eigenvalue weighted by molar-refractivity contribution is -0.175. The number of aryl methyl sites for hydroxylation is 1. The molecule has 0 aliphatic rings. The van der Waals surface area contributed by atoms with E-state index in [1.54, 1.807) is 19.1 Å². The van der Waals surface area contributed by atoms with Crippen LogP contribution in [0.3, 0.4) is 0 Å². The molecule has 0 aliphatic heterocycles. The number of benzene rings is 1. The normalized spacial score (nSPS) is 14.5. The second-order valence-corrected chi connectivity index (χ2v) is 5.61. The Kier molecular flexibility index (Phi) is 4.39. The second-order valence-electron chi connectivity index (χ2n) is 3.99. The molecule has 18 heavy (non-hydrogen) atoms. The molecule has 0 aromatic heterocycles. The van der Waals surface area contributed by atoms with Gasteiger partial charge in [-0.2, -0.15) is 21.6 Å². The topological polar surface area (TPSA) is 43.4 Å². The summed E-state index contributed by atoms with van der Waals surface area (Å²) in [5.41, 5.74) is 0.845. The number of hydrogen-bond donors (Lipinski definition) is 0. The Morgan fingerprint density at radius 2 is 1.72 bits per heavy atom. The van der Waals surface area contributed by atoms with E-state index in [4.69, 9.17) is 0 Å². The summed E-state index contributed by atoms with van der Waals surface area (Å²) >= 11 is 0. The summed E-state index contributed by atoms with van der Waals surface area (Å²) in [7, 11) is -4.13. The quantitative estimate of drug-likeness (QED) is 0.797. The summed E-state index contributed by atoms with van der Waals surface area (Å²) in [5.74, 6) is -1.84. The summed E-state index contributed by atoms with van der Waals surface area (Å²) in [6, 6.07) is 5.68. The third-order valence-corrected chi connectivity index (χ3v) is 3.64. The molecule has 0 saturated heterocycles. The monoisotopic (exact) mass is 282 g/mol. The first-order valence-electron chi connectivity index (χ1n) is 5.16. The molecule has 0 fully saturated rings. The van der Waals surface area contributed by atoms with Crippen molar-refractivity contribution in [3.63, 3.8) is 0 Å². The lowest BCUT2D eigenvalue weighted by Gasteiger charge is -2.15. The van der Waals surface area contributed by atoms with E-state index in [1.807, 2.05) is 0 Å². The first kappa shape index (κ1) is 15.0. The van der Waals surface area contributed by atoms with Crippen LogP contribution in [0.15, 0.2) is 29.2 Å². The zero-order valence-electron chi connectivity index (χ0n) is 9.86. The van der Waals surface area contributed by atoms with Gasteiger partial charge < -0.3 is 0 Å². The maximum Gasteiger partial charge on any atom is 0.393 e. The molecule has 0 spiro atoms. The summed E-state index contributed by atoms with van der Waals surface area (Å²) in [4.78, 5) is -0.150. The van der Waals surface area contributed by atoms with Gasteiger partial charge in [-0.25, -0.2) is 0 Å². The Hall–Kier alpha value is -1.08. The van der Waals surface area contributed by atoms with Crippen LogP contribution in [0.5, 0.6) is 0 Å². The van der Waals surface area contributed by atoms with Crippen molar-refractivity contribution in [3.05, 3.63) is 29.8 Å². The summed E-state index contributed by atoms with van der Waals surface area (Å²) < 4.78 is 64.2. The minimum absolute atomic E-state index is 0.150. The fourth-order valence-corrected chi connectivity index (χ4v) is 2.05. The van der Waals surface area contributed by atoms with Crippen molar-refractivity contribution in [2.75, 3.05) is 6.61 Å². The highest BCUT2D eigenvalue weighted by molar-refractivity contribution is 7.86. The van der Waals surface area contributed by atoms with E-state index in [2.05, 4.69) is 4.18 Å². The number of halogens is 3. The van der Waals surface area contributed by atoms with E-state index in [-0.39, 0.29) is 4.90 Å². The van der Waals surface area contributed by atoms with Crippen molar-refractivity contribution in [1.82, 2.24) is 0 Å². The van der Waals surface area contributed by atoms with Crippen LogP contribution in [0.25, 0.3) is 0 Å². The third kappa shape index (κ3) is 3.99. The van der Waals surface area contributed by atoms with Gasteiger partial charge in [0, 0.05) is 0 Å². The van der Waals surface area contributed by atoms with Gasteiger partial charge in [0.1, 0.15) is 0 Å². The lowest BCUT2D eigenvalue weighted by Crippen LogP contribution is -2.26. The van der Waals surface area contributed by atoms with Crippen molar-refractivity contribution < 1.29 is 25.8 Å². The molecule has 1 aromatic carbocycles. The average Bonchev–Trinajstić information content (AvgIpc) is 2.25. The number of hydrogen-bond acceptors (Lipinski definition) is 3. The summed E-state index contributed by atoms with van der Waals surface area (Å²) in [6.07, 6.45) is -4.47. The van der Waals surface area contributed by atoms with Crippen LogP contribution < -0.4 is 0 Å². The Balaban J connectivity index is 2.75. The van der Waals surface area contributed by atoms with Crippen LogP contribution in [-0.4, -0.2) is 21.2 Å². The molecule has 0 heterocycles. The van der Waals surface area contributed by atoms with E-state index in [0.717, 1.165) is 12.5 Å². The molecular formula is C11H13F3O3S. The van der Waals surface area contributed by atoms with Gasteiger partial charge in [0.25, 0.3) is 10.1 Å². The van der Waals surface area contributed by atoms with Gasteiger partial charge in [-0.15, -0.1) is 0 Å². The number of alkyl halides is 3. The highest BCUT2D eigenvalue weighted by Crippen LogP contribution is 2.26. The van der Waals surface area contributed by atoms with Crippen LogP contribution in [0.1, 0.15) is 12.5 Å². The Morgan fingerprint density at radius 3 is 2.17 bits per heavy atom. The van der Waals surface area contributed by atoms with Gasteiger partial charge in [0.15, 0.2) is 0 Å².